The number of aliphatic hydroxyl groups is 1. The van der Waals surface area contributed by atoms with E-state index < -0.39 is 0 Å². The minimum absolute atomic E-state index is 0.243. The molecule has 0 saturated heterocycles. The minimum Gasteiger partial charge on any atom is -0.390 e. The normalized spacial score (nSPS) is 22.0. The van der Waals surface area contributed by atoms with E-state index in [9.17, 15) is 5.11 Å². The predicted molar refractivity (Wildman–Crippen MR) is 102 cm³/mol. The second-order valence-electron chi connectivity index (χ2n) is 7.58. The molecule has 0 aromatic heterocycles. The molecular formula is C22H28N2O. The van der Waals surface area contributed by atoms with Gasteiger partial charge in [-0.1, -0.05) is 54.6 Å². The zero-order valence-electron chi connectivity index (χ0n) is 15.0. The summed E-state index contributed by atoms with van der Waals surface area (Å²) in [5.74, 6) is 0. The Labute approximate surface area is 150 Å². The molecule has 1 aliphatic heterocycles. The summed E-state index contributed by atoms with van der Waals surface area (Å²) in [6.07, 6.45) is 3.33. The Kier molecular flexibility index (Phi) is 4.89. The molecule has 0 spiro atoms. The zero-order chi connectivity index (χ0) is 17.2. The molecule has 1 aliphatic carbocycles. The van der Waals surface area contributed by atoms with Crippen molar-refractivity contribution in [1.82, 2.24) is 9.80 Å². The van der Waals surface area contributed by atoms with E-state index >= 15 is 0 Å². The summed E-state index contributed by atoms with van der Waals surface area (Å²) in [5, 5.41) is 10.7. The average Bonchev–Trinajstić information content (AvgIpc) is 3.47. The van der Waals surface area contributed by atoms with Crippen molar-refractivity contribution in [2.24, 2.45) is 0 Å². The van der Waals surface area contributed by atoms with Crippen LogP contribution in [0.2, 0.25) is 0 Å². The van der Waals surface area contributed by atoms with E-state index in [2.05, 4.69) is 71.4 Å². The maximum Gasteiger partial charge on any atom is 0.0794 e. The predicted octanol–water partition coefficient (Wildman–Crippen LogP) is 3.09. The first-order valence-electron chi connectivity index (χ1n) is 9.47. The van der Waals surface area contributed by atoms with Crippen molar-refractivity contribution in [1.29, 1.82) is 0 Å². The molecule has 2 aromatic rings. The van der Waals surface area contributed by atoms with Crippen molar-refractivity contribution in [3.63, 3.8) is 0 Å². The van der Waals surface area contributed by atoms with E-state index in [1.54, 1.807) is 0 Å². The van der Waals surface area contributed by atoms with Gasteiger partial charge in [-0.3, -0.25) is 4.90 Å². The van der Waals surface area contributed by atoms with E-state index in [-0.39, 0.29) is 12.1 Å². The summed E-state index contributed by atoms with van der Waals surface area (Å²) < 4.78 is 0. The lowest BCUT2D eigenvalue weighted by molar-refractivity contribution is 0.0655. The Hall–Kier alpha value is -1.68. The van der Waals surface area contributed by atoms with Gasteiger partial charge in [0.2, 0.25) is 0 Å². The number of nitrogens with zero attached hydrogens (tertiary/aromatic N) is 2. The van der Waals surface area contributed by atoms with Gasteiger partial charge in [0.05, 0.1) is 12.1 Å². The third-order valence-electron chi connectivity index (χ3n) is 5.61. The molecular weight excluding hydrogens is 308 g/mol. The number of benzene rings is 2. The molecule has 132 valence electrons. The average molecular weight is 336 g/mol. The first-order chi connectivity index (χ1) is 12.2. The van der Waals surface area contributed by atoms with Crippen LogP contribution in [0.4, 0.5) is 0 Å². The van der Waals surface area contributed by atoms with Crippen molar-refractivity contribution in [2.75, 3.05) is 26.7 Å². The molecule has 1 unspecified atom stereocenters. The molecule has 2 aliphatic rings. The van der Waals surface area contributed by atoms with E-state index in [0.717, 1.165) is 26.1 Å². The van der Waals surface area contributed by atoms with Crippen LogP contribution in [0, 0.1) is 0 Å². The maximum absolute atomic E-state index is 10.7. The Morgan fingerprint density at radius 3 is 2.56 bits per heavy atom. The molecule has 1 saturated carbocycles. The second-order valence-corrected chi connectivity index (χ2v) is 7.58. The van der Waals surface area contributed by atoms with E-state index in [1.807, 2.05) is 0 Å². The SMILES string of the molecule is CN(CC(O)CN1CCc2ccccc2[C@H]1c1ccccc1)C1CC1. The summed E-state index contributed by atoms with van der Waals surface area (Å²) in [6.45, 7) is 2.50. The van der Waals surface area contributed by atoms with Crippen LogP contribution in [0.15, 0.2) is 54.6 Å². The minimum atomic E-state index is -0.304. The van der Waals surface area contributed by atoms with Crippen LogP contribution in [0.3, 0.4) is 0 Å². The number of hydrogen-bond acceptors (Lipinski definition) is 3. The molecule has 0 radical (unpaired) electrons. The molecule has 0 amide bonds. The topological polar surface area (TPSA) is 26.7 Å². The monoisotopic (exact) mass is 336 g/mol. The highest BCUT2D eigenvalue weighted by Crippen LogP contribution is 2.35. The van der Waals surface area contributed by atoms with Gasteiger partial charge < -0.3 is 10.0 Å². The molecule has 0 bridgehead atoms. The molecule has 25 heavy (non-hydrogen) atoms. The first kappa shape index (κ1) is 16.8. The van der Waals surface area contributed by atoms with Crippen LogP contribution in [0.25, 0.3) is 0 Å². The zero-order valence-corrected chi connectivity index (χ0v) is 15.0. The lowest BCUT2D eigenvalue weighted by Gasteiger charge is -2.39. The van der Waals surface area contributed by atoms with E-state index in [0.29, 0.717) is 6.04 Å². The van der Waals surface area contributed by atoms with Gasteiger partial charge in [0.25, 0.3) is 0 Å². The molecule has 2 atom stereocenters. The smallest absolute Gasteiger partial charge is 0.0794 e. The van der Waals surface area contributed by atoms with Gasteiger partial charge in [0.1, 0.15) is 0 Å². The number of hydrogen-bond donors (Lipinski definition) is 1. The fourth-order valence-electron chi connectivity index (χ4n) is 4.17. The van der Waals surface area contributed by atoms with Crippen molar-refractivity contribution < 1.29 is 5.11 Å². The standard InChI is InChI=1S/C22H28N2O/c1-23(19-11-12-19)15-20(25)16-24-14-13-17-7-5-6-10-21(17)22(24)18-8-3-2-4-9-18/h2-10,19-20,22,25H,11-16H2,1H3/t20?,22-/m1/s1. The largest absolute Gasteiger partial charge is 0.390 e. The highest BCUT2D eigenvalue weighted by atomic mass is 16.3. The molecule has 3 heteroatoms. The van der Waals surface area contributed by atoms with E-state index in [4.69, 9.17) is 0 Å². The quantitative estimate of drug-likeness (QED) is 0.878. The molecule has 1 fully saturated rings. The molecule has 3 nitrogen and oxygen atoms in total. The maximum atomic E-state index is 10.7. The van der Waals surface area contributed by atoms with Gasteiger partial charge in [-0.2, -0.15) is 0 Å². The van der Waals surface area contributed by atoms with Crippen LogP contribution in [-0.2, 0) is 6.42 Å². The van der Waals surface area contributed by atoms with Gasteiger partial charge in [-0.15, -0.1) is 0 Å². The van der Waals surface area contributed by atoms with Crippen molar-refractivity contribution in [3.05, 3.63) is 71.3 Å². The van der Waals surface area contributed by atoms with Gasteiger partial charge in [0.15, 0.2) is 0 Å². The first-order valence-corrected chi connectivity index (χ1v) is 9.47. The van der Waals surface area contributed by atoms with Crippen LogP contribution in [0.1, 0.15) is 35.6 Å². The van der Waals surface area contributed by atoms with E-state index in [1.165, 1.54) is 29.5 Å². The fraction of sp³-hybridized carbons (Fsp3) is 0.455. The summed E-state index contributed by atoms with van der Waals surface area (Å²) in [4.78, 5) is 4.78. The lowest BCUT2D eigenvalue weighted by atomic mass is 9.88. The number of fused-ring (bicyclic) bond motifs is 1. The van der Waals surface area contributed by atoms with Gasteiger partial charge in [0, 0.05) is 25.7 Å². The summed E-state index contributed by atoms with van der Waals surface area (Å²) in [7, 11) is 2.14. The molecule has 1 N–H and O–H groups in total. The molecule has 4 rings (SSSR count). The molecule has 1 heterocycles. The fourth-order valence-corrected chi connectivity index (χ4v) is 4.17. The van der Waals surface area contributed by atoms with Crippen LogP contribution < -0.4 is 0 Å². The van der Waals surface area contributed by atoms with Crippen LogP contribution >= 0.6 is 0 Å². The second kappa shape index (κ2) is 7.28. The van der Waals surface area contributed by atoms with Crippen LogP contribution in [-0.4, -0.2) is 53.7 Å². The Balaban J connectivity index is 1.55. The summed E-state index contributed by atoms with van der Waals surface area (Å²) >= 11 is 0. The van der Waals surface area contributed by atoms with Crippen molar-refractivity contribution in [3.8, 4) is 0 Å². The summed E-state index contributed by atoms with van der Waals surface area (Å²) in [5.41, 5.74) is 4.15. The van der Waals surface area contributed by atoms with Gasteiger partial charge in [-0.25, -0.2) is 0 Å². The van der Waals surface area contributed by atoms with Gasteiger partial charge >= 0.3 is 0 Å². The number of β-amino-alcohol motifs (C(OH)–C–C–N with tert-alkyl or cyclic N) is 1. The Morgan fingerprint density at radius 2 is 1.80 bits per heavy atom. The number of aliphatic hydroxyl groups excluding tert-OH is 1. The summed E-state index contributed by atoms with van der Waals surface area (Å²) in [6, 6.07) is 20.4. The number of likely N-dealkylation sites (N-methyl/N-ethyl adjacent to an activating group) is 1. The number of rotatable bonds is 6. The van der Waals surface area contributed by atoms with Crippen molar-refractivity contribution in [2.45, 2.75) is 37.5 Å². The third-order valence-corrected chi connectivity index (χ3v) is 5.61. The Morgan fingerprint density at radius 1 is 1.08 bits per heavy atom. The van der Waals surface area contributed by atoms with Crippen LogP contribution in [0.5, 0.6) is 0 Å². The van der Waals surface area contributed by atoms with Gasteiger partial charge in [-0.05, 0) is 43.0 Å². The highest BCUT2D eigenvalue weighted by Gasteiger charge is 2.31. The highest BCUT2D eigenvalue weighted by molar-refractivity contribution is 5.39. The van der Waals surface area contributed by atoms with Crippen molar-refractivity contribution >= 4 is 0 Å². The lowest BCUT2D eigenvalue weighted by Crippen LogP contribution is -2.44. The Bertz CT molecular complexity index is 698. The molecule has 2 aromatic carbocycles. The third kappa shape index (κ3) is 3.79.